The minimum atomic E-state index is -0.768. The Morgan fingerprint density at radius 2 is 1.92 bits per heavy atom. The van der Waals surface area contributed by atoms with Gasteiger partial charge in [0, 0.05) is 11.6 Å². The molecule has 0 saturated carbocycles. The largest absolute Gasteiger partial charge is 0.388 e. The Morgan fingerprint density at radius 1 is 1.29 bits per heavy atom. The van der Waals surface area contributed by atoms with Crippen LogP contribution in [0.5, 0.6) is 0 Å². The molecule has 0 saturated heterocycles. The van der Waals surface area contributed by atoms with E-state index in [1.54, 1.807) is 32.9 Å². The fourth-order valence-electron chi connectivity index (χ4n) is 2.82. The third-order valence-electron chi connectivity index (χ3n) is 4.14. The highest BCUT2D eigenvalue weighted by atomic mass is 19.1. The van der Waals surface area contributed by atoms with Gasteiger partial charge in [-0.2, -0.15) is 0 Å². The second-order valence-corrected chi connectivity index (χ2v) is 6.17. The number of nitrogens with one attached hydrogen (secondary N) is 1. The molecule has 1 amide bonds. The van der Waals surface area contributed by atoms with Crippen LogP contribution >= 0.6 is 0 Å². The highest BCUT2D eigenvalue weighted by Crippen LogP contribution is 2.24. The van der Waals surface area contributed by atoms with Gasteiger partial charge >= 0.3 is 0 Å². The van der Waals surface area contributed by atoms with Gasteiger partial charge in [-0.15, -0.1) is 0 Å². The van der Waals surface area contributed by atoms with Crippen LogP contribution in [0.4, 0.5) is 4.39 Å². The molecule has 0 fully saturated rings. The molecule has 2 N–H and O–H groups in total. The Kier molecular flexibility index (Phi) is 5.72. The Bertz CT molecular complexity index is 677. The van der Waals surface area contributed by atoms with Crippen LogP contribution in [-0.4, -0.2) is 22.2 Å². The SMILES string of the molecule is Cc1noc(C)c1C(C)C(=O)NC(C)CC(O)c1ccc(F)cc1. The first-order valence-electron chi connectivity index (χ1n) is 7.96. The molecule has 6 heteroatoms. The van der Waals surface area contributed by atoms with E-state index in [1.165, 1.54) is 12.1 Å². The normalized spacial score (nSPS) is 14.9. The van der Waals surface area contributed by atoms with Crippen LogP contribution in [-0.2, 0) is 4.79 Å². The first-order valence-corrected chi connectivity index (χ1v) is 7.96. The number of nitrogens with zero attached hydrogens (tertiary/aromatic N) is 1. The van der Waals surface area contributed by atoms with E-state index in [1.807, 2.05) is 6.92 Å². The fourth-order valence-corrected chi connectivity index (χ4v) is 2.82. The lowest BCUT2D eigenvalue weighted by Crippen LogP contribution is -2.36. The summed E-state index contributed by atoms with van der Waals surface area (Å²) in [4.78, 5) is 12.4. The maximum atomic E-state index is 12.9. The van der Waals surface area contributed by atoms with Crippen molar-refractivity contribution >= 4 is 5.91 Å². The molecule has 2 rings (SSSR count). The maximum Gasteiger partial charge on any atom is 0.227 e. The zero-order valence-electron chi connectivity index (χ0n) is 14.3. The Balaban J connectivity index is 1.95. The first kappa shape index (κ1) is 18.1. The summed E-state index contributed by atoms with van der Waals surface area (Å²) >= 11 is 0. The molecule has 0 spiro atoms. The number of amides is 1. The number of aryl methyl sites for hydroxylation is 2. The van der Waals surface area contributed by atoms with Crippen LogP contribution in [0.3, 0.4) is 0 Å². The van der Waals surface area contributed by atoms with E-state index in [2.05, 4.69) is 10.5 Å². The van der Waals surface area contributed by atoms with E-state index in [-0.39, 0.29) is 23.7 Å². The van der Waals surface area contributed by atoms with Gasteiger partial charge in [-0.25, -0.2) is 4.39 Å². The second kappa shape index (κ2) is 7.57. The van der Waals surface area contributed by atoms with E-state index in [4.69, 9.17) is 4.52 Å². The monoisotopic (exact) mass is 334 g/mol. The predicted octanol–water partition coefficient (Wildman–Crippen LogP) is 3.16. The van der Waals surface area contributed by atoms with Crippen molar-refractivity contribution in [3.63, 3.8) is 0 Å². The van der Waals surface area contributed by atoms with Crippen molar-refractivity contribution in [1.29, 1.82) is 0 Å². The molecule has 0 aliphatic carbocycles. The number of hydrogen-bond donors (Lipinski definition) is 2. The van der Waals surface area contributed by atoms with Crippen molar-refractivity contribution in [2.45, 2.75) is 52.2 Å². The lowest BCUT2D eigenvalue weighted by atomic mass is 9.97. The molecule has 130 valence electrons. The van der Waals surface area contributed by atoms with Crippen LogP contribution in [0.2, 0.25) is 0 Å². The number of aliphatic hydroxyl groups excluding tert-OH is 1. The van der Waals surface area contributed by atoms with Gasteiger partial charge < -0.3 is 14.9 Å². The second-order valence-electron chi connectivity index (χ2n) is 6.17. The average Bonchev–Trinajstić information content (AvgIpc) is 2.85. The smallest absolute Gasteiger partial charge is 0.227 e. The molecule has 24 heavy (non-hydrogen) atoms. The molecule has 3 atom stereocenters. The summed E-state index contributed by atoms with van der Waals surface area (Å²) in [6.45, 7) is 7.20. The number of carbonyl (C=O) groups excluding carboxylic acids is 1. The van der Waals surface area contributed by atoms with Crippen molar-refractivity contribution in [3.8, 4) is 0 Å². The van der Waals surface area contributed by atoms with Gasteiger partial charge in [0.05, 0.1) is 17.7 Å². The molecule has 0 aliphatic rings. The number of aromatic nitrogens is 1. The molecule has 0 aliphatic heterocycles. The van der Waals surface area contributed by atoms with Gasteiger partial charge in [-0.05, 0) is 51.8 Å². The van der Waals surface area contributed by atoms with Crippen LogP contribution in [0.25, 0.3) is 0 Å². The molecule has 5 nitrogen and oxygen atoms in total. The van der Waals surface area contributed by atoms with E-state index >= 15 is 0 Å². The van der Waals surface area contributed by atoms with E-state index in [0.717, 1.165) is 5.56 Å². The van der Waals surface area contributed by atoms with Gasteiger partial charge in [0.15, 0.2) is 0 Å². The van der Waals surface area contributed by atoms with E-state index in [9.17, 15) is 14.3 Å². The number of carbonyl (C=O) groups is 1. The first-order chi connectivity index (χ1) is 11.3. The molecule has 3 unspecified atom stereocenters. The number of halogens is 1. The molecule has 0 bridgehead atoms. The third kappa shape index (κ3) is 4.20. The molecule has 2 aromatic rings. The van der Waals surface area contributed by atoms with Crippen molar-refractivity contribution < 1.29 is 18.8 Å². The summed E-state index contributed by atoms with van der Waals surface area (Å²) in [6, 6.07) is 5.46. The number of hydrogen-bond acceptors (Lipinski definition) is 4. The van der Waals surface area contributed by atoms with Crippen molar-refractivity contribution in [2.75, 3.05) is 0 Å². The number of aliphatic hydroxyl groups is 1. The standard InChI is InChI=1S/C18H23FN2O3/c1-10(9-16(22)14-5-7-15(19)8-6-14)20-18(23)11(2)17-12(3)21-24-13(17)4/h5-8,10-11,16,22H,9H2,1-4H3,(H,20,23). The zero-order valence-corrected chi connectivity index (χ0v) is 14.3. The summed E-state index contributed by atoms with van der Waals surface area (Å²) in [5, 5.41) is 17.0. The van der Waals surface area contributed by atoms with Gasteiger partial charge in [-0.3, -0.25) is 4.79 Å². The lowest BCUT2D eigenvalue weighted by Gasteiger charge is -2.20. The highest BCUT2D eigenvalue weighted by molar-refractivity contribution is 5.83. The quantitative estimate of drug-likeness (QED) is 0.851. The van der Waals surface area contributed by atoms with Crippen molar-refractivity contribution in [3.05, 3.63) is 52.7 Å². The Labute approximate surface area is 140 Å². The van der Waals surface area contributed by atoms with Crippen LogP contribution in [0.1, 0.15) is 54.9 Å². The zero-order chi connectivity index (χ0) is 17.9. The van der Waals surface area contributed by atoms with Gasteiger partial charge in [0.1, 0.15) is 11.6 Å². The van der Waals surface area contributed by atoms with Gasteiger partial charge in [-0.1, -0.05) is 17.3 Å². The topological polar surface area (TPSA) is 75.4 Å². The molecule has 1 aromatic carbocycles. The van der Waals surface area contributed by atoms with Crippen molar-refractivity contribution in [2.24, 2.45) is 0 Å². The third-order valence-corrected chi connectivity index (χ3v) is 4.14. The highest BCUT2D eigenvalue weighted by Gasteiger charge is 2.24. The Morgan fingerprint density at radius 3 is 2.46 bits per heavy atom. The summed E-state index contributed by atoms with van der Waals surface area (Å²) in [7, 11) is 0. The van der Waals surface area contributed by atoms with E-state index < -0.39 is 6.10 Å². The number of rotatable bonds is 6. The van der Waals surface area contributed by atoms with Crippen molar-refractivity contribution in [1.82, 2.24) is 10.5 Å². The average molecular weight is 334 g/mol. The predicted molar refractivity (Wildman–Crippen MR) is 88.0 cm³/mol. The number of benzene rings is 1. The summed E-state index contributed by atoms with van der Waals surface area (Å²) in [6.07, 6.45) is -0.429. The maximum absolute atomic E-state index is 12.9. The Hall–Kier alpha value is -2.21. The fraction of sp³-hybridized carbons (Fsp3) is 0.444. The lowest BCUT2D eigenvalue weighted by molar-refractivity contribution is -0.123. The minimum Gasteiger partial charge on any atom is -0.388 e. The molecule has 1 heterocycles. The van der Waals surface area contributed by atoms with Gasteiger partial charge in [0.25, 0.3) is 0 Å². The van der Waals surface area contributed by atoms with Crippen LogP contribution in [0, 0.1) is 19.7 Å². The summed E-state index contributed by atoms with van der Waals surface area (Å²) in [5.74, 6) is -0.250. The van der Waals surface area contributed by atoms with Crippen LogP contribution < -0.4 is 5.32 Å². The van der Waals surface area contributed by atoms with Crippen LogP contribution in [0.15, 0.2) is 28.8 Å². The minimum absolute atomic E-state index is 0.150. The van der Waals surface area contributed by atoms with Gasteiger partial charge in [0.2, 0.25) is 5.91 Å². The summed E-state index contributed by atoms with van der Waals surface area (Å²) in [5.41, 5.74) is 2.12. The summed E-state index contributed by atoms with van der Waals surface area (Å²) < 4.78 is 18.0. The molecule has 0 radical (unpaired) electrons. The van der Waals surface area contributed by atoms with E-state index in [0.29, 0.717) is 23.4 Å². The molecule has 1 aromatic heterocycles. The molecular formula is C18H23FN2O3. The molecular weight excluding hydrogens is 311 g/mol.